The summed E-state index contributed by atoms with van der Waals surface area (Å²) >= 11 is 1.21. The lowest BCUT2D eigenvalue weighted by atomic mass is 10.1. The Kier molecular flexibility index (Phi) is 11.1. The monoisotopic (exact) mass is 492 g/mol. The molecule has 0 aliphatic carbocycles. The molecule has 1 aromatic carbocycles. The number of ketones is 1. The Hall–Kier alpha value is -2.82. The van der Waals surface area contributed by atoms with Crippen LogP contribution in [0.25, 0.3) is 10.9 Å². The SMILES string of the molecule is CCOC.CCOC(C)CC(=O)OCn1cc(C(=O)C2NC(C(=O)OC)=CS2)c2ccccc21. The zero-order valence-electron chi connectivity index (χ0n) is 20.2. The van der Waals surface area contributed by atoms with Crippen LogP contribution in [0.2, 0.25) is 0 Å². The van der Waals surface area contributed by atoms with Gasteiger partial charge in [0.2, 0.25) is 0 Å². The second-order valence-electron chi connectivity index (χ2n) is 7.27. The first-order chi connectivity index (χ1) is 16.4. The van der Waals surface area contributed by atoms with Crippen molar-refractivity contribution in [3.63, 3.8) is 0 Å². The number of Topliss-reactive ketones (excluding diaryl/α,β-unsaturated/α-hetero) is 1. The van der Waals surface area contributed by atoms with E-state index in [2.05, 4.69) is 14.8 Å². The summed E-state index contributed by atoms with van der Waals surface area (Å²) in [5, 5.41) is 4.58. The van der Waals surface area contributed by atoms with Crippen molar-refractivity contribution in [3.8, 4) is 0 Å². The van der Waals surface area contributed by atoms with Gasteiger partial charge in [0.1, 0.15) is 11.1 Å². The van der Waals surface area contributed by atoms with Crippen molar-refractivity contribution in [2.75, 3.05) is 27.4 Å². The molecule has 0 saturated carbocycles. The fourth-order valence-corrected chi connectivity index (χ4v) is 4.04. The van der Waals surface area contributed by atoms with Gasteiger partial charge in [0.25, 0.3) is 0 Å². The number of carbonyl (C=O) groups excluding carboxylic acids is 3. The average molecular weight is 493 g/mol. The number of esters is 2. The lowest BCUT2D eigenvalue weighted by molar-refractivity contribution is -0.150. The van der Waals surface area contributed by atoms with E-state index < -0.39 is 11.3 Å². The van der Waals surface area contributed by atoms with Gasteiger partial charge in [0.05, 0.1) is 25.2 Å². The van der Waals surface area contributed by atoms with Crippen LogP contribution in [0.4, 0.5) is 0 Å². The first-order valence-corrected chi connectivity index (χ1v) is 11.9. The molecule has 10 heteroatoms. The molecule has 9 nitrogen and oxygen atoms in total. The van der Waals surface area contributed by atoms with E-state index in [-0.39, 0.29) is 36.7 Å². The second-order valence-corrected chi connectivity index (χ2v) is 8.25. The molecule has 2 aromatic rings. The van der Waals surface area contributed by atoms with Gasteiger partial charge in [-0.1, -0.05) is 30.0 Å². The molecule has 0 bridgehead atoms. The van der Waals surface area contributed by atoms with E-state index in [9.17, 15) is 14.4 Å². The highest BCUT2D eigenvalue weighted by Gasteiger charge is 2.30. The number of hydrogen-bond acceptors (Lipinski definition) is 9. The Bertz CT molecular complexity index is 1020. The normalized spacial score (nSPS) is 15.6. The minimum atomic E-state index is -0.632. The molecule has 0 radical (unpaired) electrons. The van der Waals surface area contributed by atoms with E-state index in [1.165, 1.54) is 18.9 Å². The van der Waals surface area contributed by atoms with E-state index in [4.69, 9.17) is 9.47 Å². The molecule has 0 saturated heterocycles. The van der Waals surface area contributed by atoms with Crippen LogP contribution in [0.5, 0.6) is 0 Å². The average Bonchev–Trinajstić information content (AvgIpc) is 3.48. The molecular formula is C24H32N2O7S. The summed E-state index contributed by atoms with van der Waals surface area (Å²) in [5.74, 6) is -1.07. The van der Waals surface area contributed by atoms with Crippen LogP contribution in [0.3, 0.4) is 0 Å². The molecule has 0 amide bonds. The molecular weight excluding hydrogens is 460 g/mol. The topological polar surface area (TPSA) is 105 Å². The Balaban J connectivity index is 0.000000945. The predicted octanol–water partition coefficient (Wildman–Crippen LogP) is 3.47. The van der Waals surface area contributed by atoms with E-state index >= 15 is 0 Å². The van der Waals surface area contributed by atoms with Gasteiger partial charge in [-0.25, -0.2) is 4.79 Å². The number of aromatic nitrogens is 1. The van der Waals surface area contributed by atoms with E-state index in [0.717, 1.165) is 17.5 Å². The van der Waals surface area contributed by atoms with Gasteiger partial charge in [-0.05, 0) is 26.8 Å². The Morgan fingerprint density at radius 2 is 1.85 bits per heavy atom. The number of carbonyl (C=O) groups is 3. The summed E-state index contributed by atoms with van der Waals surface area (Å²) in [5.41, 5.74) is 1.51. The first kappa shape index (κ1) is 27.4. The zero-order valence-corrected chi connectivity index (χ0v) is 21.0. The zero-order chi connectivity index (χ0) is 25.1. The summed E-state index contributed by atoms with van der Waals surface area (Å²) in [7, 11) is 2.97. The van der Waals surface area contributed by atoms with Crippen molar-refractivity contribution in [2.45, 2.75) is 45.4 Å². The molecule has 0 spiro atoms. The number of fused-ring (bicyclic) bond motifs is 1. The van der Waals surface area contributed by atoms with Gasteiger partial charge in [-0.2, -0.15) is 0 Å². The molecule has 2 heterocycles. The van der Waals surface area contributed by atoms with Gasteiger partial charge >= 0.3 is 11.9 Å². The van der Waals surface area contributed by atoms with Crippen molar-refractivity contribution in [3.05, 3.63) is 47.1 Å². The lowest BCUT2D eigenvalue weighted by Gasteiger charge is -2.12. The van der Waals surface area contributed by atoms with E-state index in [1.54, 1.807) is 23.3 Å². The van der Waals surface area contributed by atoms with Gasteiger partial charge in [0.15, 0.2) is 12.5 Å². The van der Waals surface area contributed by atoms with Crippen molar-refractivity contribution in [1.29, 1.82) is 0 Å². The highest BCUT2D eigenvalue weighted by molar-refractivity contribution is 8.03. The number of methoxy groups -OCH3 is 2. The van der Waals surface area contributed by atoms with Crippen molar-refractivity contribution in [2.24, 2.45) is 0 Å². The molecule has 186 valence electrons. The molecule has 1 aliphatic rings. The molecule has 1 N–H and O–H groups in total. The number of nitrogens with one attached hydrogen (secondary N) is 1. The van der Waals surface area contributed by atoms with Crippen molar-refractivity contribution >= 4 is 40.4 Å². The molecule has 1 aromatic heterocycles. The lowest BCUT2D eigenvalue weighted by Crippen LogP contribution is -2.32. The number of benzene rings is 1. The third kappa shape index (κ3) is 7.34. The van der Waals surface area contributed by atoms with E-state index in [0.29, 0.717) is 12.2 Å². The number of rotatable bonds is 10. The maximum Gasteiger partial charge on any atom is 0.354 e. The molecule has 0 fully saturated rings. The predicted molar refractivity (Wildman–Crippen MR) is 130 cm³/mol. The van der Waals surface area contributed by atoms with Crippen LogP contribution in [0.1, 0.15) is 37.6 Å². The second kappa shape index (κ2) is 13.8. The van der Waals surface area contributed by atoms with Gasteiger partial charge < -0.3 is 28.8 Å². The van der Waals surface area contributed by atoms with Gasteiger partial charge in [-0.3, -0.25) is 9.59 Å². The van der Waals surface area contributed by atoms with Crippen LogP contribution in [-0.4, -0.2) is 61.2 Å². The van der Waals surface area contributed by atoms with Crippen LogP contribution in [-0.2, 0) is 35.3 Å². The maximum atomic E-state index is 13.1. The Morgan fingerprint density at radius 3 is 2.50 bits per heavy atom. The number of para-hydroxylation sites is 1. The smallest absolute Gasteiger partial charge is 0.354 e. The van der Waals surface area contributed by atoms with Crippen molar-refractivity contribution < 1.29 is 33.3 Å². The summed E-state index contributed by atoms with van der Waals surface area (Å²) in [6, 6.07) is 7.39. The largest absolute Gasteiger partial charge is 0.464 e. The van der Waals surface area contributed by atoms with E-state index in [1.807, 2.05) is 45.0 Å². The van der Waals surface area contributed by atoms with Gasteiger partial charge in [0, 0.05) is 42.9 Å². The number of hydrogen-bond donors (Lipinski definition) is 1. The fraction of sp³-hybridized carbons (Fsp3) is 0.458. The molecule has 2 atom stereocenters. The van der Waals surface area contributed by atoms with Crippen LogP contribution in [0.15, 0.2) is 41.6 Å². The first-order valence-electron chi connectivity index (χ1n) is 10.9. The summed E-state index contributed by atoms with van der Waals surface area (Å²) in [6.07, 6.45) is 1.61. The summed E-state index contributed by atoms with van der Waals surface area (Å²) in [6.45, 7) is 6.98. The summed E-state index contributed by atoms with van der Waals surface area (Å²) < 4.78 is 21.7. The highest BCUT2D eigenvalue weighted by Crippen LogP contribution is 2.29. The Labute approximate surface area is 203 Å². The minimum Gasteiger partial charge on any atom is -0.464 e. The van der Waals surface area contributed by atoms with Crippen molar-refractivity contribution in [1.82, 2.24) is 9.88 Å². The quantitative estimate of drug-likeness (QED) is 0.394. The molecule has 34 heavy (non-hydrogen) atoms. The third-order valence-corrected chi connectivity index (χ3v) is 5.84. The number of thioether (sulfide) groups is 1. The number of nitrogens with zero attached hydrogens (tertiary/aromatic N) is 1. The highest BCUT2D eigenvalue weighted by atomic mass is 32.2. The fourth-order valence-electron chi connectivity index (χ4n) is 3.16. The molecule has 2 unspecified atom stereocenters. The van der Waals surface area contributed by atoms with Crippen LogP contribution >= 0.6 is 11.8 Å². The van der Waals surface area contributed by atoms with Gasteiger partial charge in [-0.15, -0.1) is 0 Å². The van der Waals surface area contributed by atoms with Crippen LogP contribution in [0, 0.1) is 0 Å². The maximum absolute atomic E-state index is 13.1. The summed E-state index contributed by atoms with van der Waals surface area (Å²) in [4.78, 5) is 36.8. The molecule has 1 aliphatic heterocycles. The van der Waals surface area contributed by atoms with Crippen LogP contribution < -0.4 is 5.32 Å². The standard InChI is InChI=1S/C21H24N2O6S.C3H8O/c1-4-28-13(2)9-18(24)29-12-23-10-15(14-7-5-6-8-17(14)23)19(25)20-22-16(11-30-20)21(26)27-3;1-3-4-2/h5-8,10-11,13,20,22H,4,9,12H2,1-3H3;3H2,1-2H3. The minimum absolute atomic E-state index is 0.0115. The Morgan fingerprint density at radius 1 is 1.15 bits per heavy atom. The number of ether oxygens (including phenoxy) is 4. The third-order valence-electron chi connectivity index (χ3n) is 4.86. The molecule has 3 rings (SSSR count).